The second kappa shape index (κ2) is 3.46. The zero-order valence-electron chi connectivity index (χ0n) is 6.11. The highest BCUT2D eigenvalue weighted by Gasteiger charge is 1.83. The first kappa shape index (κ1) is 7.41. The van der Waals surface area contributed by atoms with E-state index in [4.69, 9.17) is 0 Å². The van der Waals surface area contributed by atoms with Gasteiger partial charge < -0.3 is 0 Å². The van der Waals surface area contributed by atoms with Crippen LogP contribution in [0.15, 0.2) is 28.9 Å². The summed E-state index contributed by atoms with van der Waals surface area (Å²) >= 11 is 0. The summed E-state index contributed by atoms with van der Waals surface area (Å²) in [6.07, 6.45) is 7.68. The van der Waals surface area contributed by atoms with Crippen molar-refractivity contribution in [1.82, 2.24) is 4.98 Å². The summed E-state index contributed by atoms with van der Waals surface area (Å²) in [7, 11) is 0.118. The van der Waals surface area contributed by atoms with Crippen molar-refractivity contribution < 1.29 is 0 Å². The zero-order valence-corrected chi connectivity index (χ0v) is 6.93. The smallest absolute Gasteiger partial charge is 0.0885 e. The minimum Gasteiger partial charge on any atom is -0.262 e. The number of rotatable bonds is 1. The van der Waals surface area contributed by atoms with Gasteiger partial charge in [0.15, 0.2) is 0 Å². The van der Waals surface area contributed by atoms with Crippen molar-refractivity contribution in [3.8, 4) is 0 Å². The van der Waals surface area contributed by atoms with Crippen molar-refractivity contribution in [2.24, 2.45) is 4.36 Å². The molecule has 0 aliphatic rings. The fourth-order valence-electron chi connectivity index (χ4n) is 0.619. The third-order valence-corrected chi connectivity index (χ3v) is 1.51. The molecule has 0 unspecified atom stereocenters. The molecule has 0 aliphatic carbocycles. The van der Waals surface area contributed by atoms with E-state index in [0.29, 0.717) is 0 Å². The van der Waals surface area contributed by atoms with Crippen LogP contribution in [0, 0.1) is 0 Å². The molecule has 0 aliphatic heterocycles. The number of nitrogens with zero attached hydrogens (tertiary/aromatic N) is 2. The van der Waals surface area contributed by atoms with E-state index in [0.717, 1.165) is 5.69 Å². The maximum atomic E-state index is 4.32. The largest absolute Gasteiger partial charge is 0.262 e. The first-order valence-corrected chi connectivity index (χ1v) is 4.98. The van der Waals surface area contributed by atoms with Gasteiger partial charge in [-0.1, -0.05) is 0 Å². The van der Waals surface area contributed by atoms with E-state index < -0.39 is 0 Å². The summed E-state index contributed by atoms with van der Waals surface area (Å²) < 4.78 is 4.32. The van der Waals surface area contributed by atoms with Crippen LogP contribution in [0.25, 0.3) is 0 Å². The first-order chi connectivity index (χ1) is 4.79. The third-order valence-electron chi connectivity index (χ3n) is 0.934. The molecular weight excluding hydrogens is 144 g/mol. The molecule has 0 radical (unpaired) electrons. The Labute approximate surface area is 63.4 Å². The Kier molecular flexibility index (Phi) is 2.57. The summed E-state index contributed by atoms with van der Waals surface area (Å²) in [5.74, 6) is 0. The van der Waals surface area contributed by atoms with Crippen LogP contribution in [-0.2, 0) is 10.7 Å². The van der Waals surface area contributed by atoms with E-state index in [1.54, 1.807) is 12.4 Å². The molecule has 0 amide bonds. The molecule has 0 aromatic carbocycles. The third kappa shape index (κ3) is 2.27. The fraction of sp³-hybridized carbons (Fsp3) is 0.286. The van der Waals surface area contributed by atoms with Crippen molar-refractivity contribution in [3.63, 3.8) is 0 Å². The van der Waals surface area contributed by atoms with Gasteiger partial charge in [-0.2, -0.15) is 0 Å². The van der Waals surface area contributed by atoms with Gasteiger partial charge in [0.1, 0.15) is 0 Å². The molecule has 2 nitrogen and oxygen atoms in total. The van der Waals surface area contributed by atoms with Gasteiger partial charge in [-0.25, -0.2) is 4.36 Å². The van der Waals surface area contributed by atoms with Gasteiger partial charge in [0.2, 0.25) is 0 Å². The van der Waals surface area contributed by atoms with Crippen LogP contribution in [0.1, 0.15) is 0 Å². The lowest BCUT2D eigenvalue weighted by Gasteiger charge is -1.91. The molecule has 0 spiro atoms. The van der Waals surface area contributed by atoms with Crippen LogP contribution >= 0.6 is 0 Å². The van der Waals surface area contributed by atoms with E-state index in [1.165, 1.54) is 0 Å². The van der Waals surface area contributed by atoms with Crippen molar-refractivity contribution in [1.29, 1.82) is 0 Å². The molecule has 0 N–H and O–H groups in total. The standard InChI is InChI=1S/C7H10N2S/c1-10(2)9-7-4-3-5-8-6-7/h3-6H,1-2H3. The molecule has 0 fully saturated rings. The molecule has 0 bridgehead atoms. The zero-order chi connectivity index (χ0) is 7.40. The molecule has 3 heteroatoms. The number of hydrogen-bond acceptors (Lipinski definition) is 2. The summed E-state index contributed by atoms with van der Waals surface area (Å²) in [6.45, 7) is 0. The van der Waals surface area contributed by atoms with E-state index in [-0.39, 0.29) is 10.7 Å². The Morgan fingerprint density at radius 3 is 2.80 bits per heavy atom. The van der Waals surface area contributed by atoms with Crippen LogP contribution < -0.4 is 0 Å². The lowest BCUT2D eigenvalue weighted by atomic mass is 10.4. The summed E-state index contributed by atoms with van der Waals surface area (Å²) in [6, 6.07) is 3.85. The Balaban J connectivity index is 2.87. The Morgan fingerprint density at radius 1 is 1.50 bits per heavy atom. The van der Waals surface area contributed by atoms with Gasteiger partial charge >= 0.3 is 0 Å². The van der Waals surface area contributed by atoms with Crippen LogP contribution in [0.5, 0.6) is 0 Å². The Hall–Kier alpha value is -0.700. The predicted octanol–water partition coefficient (Wildman–Crippen LogP) is 1.77. The lowest BCUT2D eigenvalue weighted by Crippen LogP contribution is -1.76. The van der Waals surface area contributed by atoms with Gasteiger partial charge in [-0.05, 0) is 24.6 Å². The minimum absolute atomic E-state index is 0.118. The van der Waals surface area contributed by atoms with E-state index in [1.807, 2.05) is 12.1 Å². The van der Waals surface area contributed by atoms with Gasteiger partial charge in [-0.15, -0.1) is 10.7 Å². The highest BCUT2D eigenvalue weighted by atomic mass is 32.2. The first-order valence-electron chi connectivity index (χ1n) is 2.98. The number of hydrogen-bond donors (Lipinski definition) is 0. The van der Waals surface area contributed by atoms with Gasteiger partial charge in [-0.3, -0.25) is 4.98 Å². The molecular formula is C7H10N2S. The Bertz CT molecular complexity index is 227. The van der Waals surface area contributed by atoms with Crippen molar-refractivity contribution in [2.75, 3.05) is 12.5 Å². The molecule has 1 heterocycles. The molecule has 1 rings (SSSR count). The maximum absolute atomic E-state index is 4.32. The van der Waals surface area contributed by atoms with Gasteiger partial charge in [0.05, 0.1) is 11.9 Å². The van der Waals surface area contributed by atoms with Gasteiger partial charge in [0.25, 0.3) is 0 Å². The molecule has 0 saturated heterocycles. The van der Waals surface area contributed by atoms with Crippen LogP contribution in [-0.4, -0.2) is 17.5 Å². The van der Waals surface area contributed by atoms with E-state index in [9.17, 15) is 0 Å². The van der Waals surface area contributed by atoms with Crippen LogP contribution in [0.4, 0.5) is 5.69 Å². The number of aromatic nitrogens is 1. The molecule has 0 saturated carbocycles. The summed E-state index contributed by atoms with van der Waals surface area (Å²) in [5, 5.41) is 0. The molecule has 1 aromatic heterocycles. The molecule has 0 atom stereocenters. The van der Waals surface area contributed by atoms with E-state index >= 15 is 0 Å². The number of pyridine rings is 1. The van der Waals surface area contributed by atoms with Crippen molar-refractivity contribution >= 4 is 16.4 Å². The minimum atomic E-state index is 0.118. The van der Waals surface area contributed by atoms with Crippen LogP contribution in [0.3, 0.4) is 0 Å². The van der Waals surface area contributed by atoms with Crippen molar-refractivity contribution in [2.45, 2.75) is 0 Å². The molecule has 10 heavy (non-hydrogen) atoms. The lowest BCUT2D eigenvalue weighted by molar-refractivity contribution is 1.31. The molecule has 1 aromatic rings. The fourth-order valence-corrected chi connectivity index (χ4v) is 1.15. The van der Waals surface area contributed by atoms with Crippen molar-refractivity contribution in [3.05, 3.63) is 24.5 Å². The monoisotopic (exact) mass is 154 g/mol. The van der Waals surface area contributed by atoms with E-state index in [2.05, 4.69) is 21.9 Å². The second-order valence-electron chi connectivity index (χ2n) is 2.08. The average molecular weight is 154 g/mol. The summed E-state index contributed by atoms with van der Waals surface area (Å²) in [4.78, 5) is 3.95. The molecule has 54 valence electrons. The second-order valence-corrected chi connectivity index (χ2v) is 3.81. The highest BCUT2D eigenvalue weighted by molar-refractivity contribution is 7.85. The Morgan fingerprint density at radius 2 is 2.30 bits per heavy atom. The maximum Gasteiger partial charge on any atom is 0.0885 e. The van der Waals surface area contributed by atoms with Gasteiger partial charge in [0, 0.05) is 6.20 Å². The summed E-state index contributed by atoms with van der Waals surface area (Å²) in [5.41, 5.74) is 0.968. The van der Waals surface area contributed by atoms with Crippen LogP contribution in [0.2, 0.25) is 0 Å². The quantitative estimate of drug-likeness (QED) is 0.605. The highest BCUT2D eigenvalue weighted by Crippen LogP contribution is 2.07. The predicted molar refractivity (Wildman–Crippen MR) is 45.5 cm³/mol. The average Bonchev–Trinajstić information content (AvgIpc) is 1.88. The SMILES string of the molecule is CS(C)=Nc1cccnc1. The normalized spacial score (nSPS) is 9.90. The topological polar surface area (TPSA) is 25.2 Å².